The third kappa shape index (κ3) is 3.01. The summed E-state index contributed by atoms with van der Waals surface area (Å²) in [5, 5.41) is 4.64. The molecule has 2 aromatic rings. The normalized spacial score (nSPS) is 17.8. The molecule has 138 valence electrons. The molecule has 0 unspecified atom stereocenters. The second-order valence-electron chi connectivity index (χ2n) is 8.51. The van der Waals surface area contributed by atoms with Crippen LogP contribution in [0.25, 0.3) is 21.3 Å². The number of azide groups is 1. The van der Waals surface area contributed by atoms with Crippen LogP contribution >= 0.6 is 0 Å². The first-order valence-corrected chi connectivity index (χ1v) is 9.45. The van der Waals surface area contributed by atoms with Gasteiger partial charge in [0, 0.05) is 46.6 Å². The fourth-order valence-electron chi connectivity index (χ4n) is 4.32. The van der Waals surface area contributed by atoms with Crippen LogP contribution in [0.3, 0.4) is 0 Å². The minimum absolute atomic E-state index is 0.0501. The van der Waals surface area contributed by atoms with Crippen LogP contribution in [0.1, 0.15) is 57.3 Å². The number of nitrogens with zero attached hydrogens (tertiary/aromatic N) is 4. The number of hydrogen-bond acceptors (Lipinski definition) is 2. The van der Waals surface area contributed by atoms with Gasteiger partial charge in [-0.1, -0.05) is 57.4 Å². The van der Waals surface area contributed by atoms with Gasteiger partial charge in [0.2, 0.25) is 0 Å². The van der Waals surface area contributed by atoms with Crippen molar-refractivity contribution < 1.29 is 4.79 Å². The van der Waals surface area contributed by atoms with E-state index in [9.17, 15) is 4.79 Å². The Labute approximate surface area is 155 Å². The first-order valence-electron chi connectivity index (χ1n) is 9.45. The maximum atomic E-state index is 13.3. The van der Waals surface area contributed by atoms with Gasteiger partial charge >= 0.3 is 0 Å². The van der Waals surface area contributed by atoms with Gasteiger partial charge in [-0.3, -0.25) is 4.79 Å². The minimum atomic E-state index is 0.0501. The molecular weight excluding hydrogens is 324 g/mol. The maximum absolute atomic E-state index is 13.3. The van der Waals surface area contributed by atoms with Crippen LogP contribution in [0.4, 0.5) is 0 Å². The van der Waals surface area contributed by atoms with Crippen LogP contribution in [0, 0.1) is 16.7 Å². The lowest BCUT2D eigenvalue weighted by Gasteiger charge is -2.04. The Morgan fingerprint density at radius 1 is 1.15 bits per heavy atom. The van der Waals surface area contributed by atoms with Crippen molar-refractivity contribution in [1.82, 2.24) is 4.57 Å². The number of carbonyl (C=O) groups excluding carboxylic acids is 1. The molecule has 1 fully saturated rings. The van der Waals surface area contributed by atoms with Gasteiger partial charge < -0.3 is 4.57 Å². The van der Waals surface area contributed by atoms with Crippen LogP contribution in [-0.4, -0.2) is 16.9 Å². The smallest absolute Gasteiger partial charge is 0.169 e. The molecule has 1 aliphatic carbocycles. The van der Waals surface area contributed by atoms with Crippen LogP contribution in [-0.2, 0) is 6.54 Å². The van der Waals surface area contributed by atoms with E-state index < -0.39 is 0 Å². The predicted molar refractivity (Wildman–Crippen MR) is 105 cm³/mol. The largest absolute Gasteiger partial charge is 0.347 e. The van der Waals surface area contributed by atoms with Crippen LogP contribution in [0.5, 0.6) is 0 Å². The zero-order chi connectivity index (χ0) is 18.9. The Hall–Kier alpha value is -2.26. The van der Waals surface area contributed by atoms with Crippen molar-refractivity contribution in [3.63, 3.8) is 0 Å². The number of Topliss-reactive ketones (excluding diaryl/α,β-unsaturated/α-hetero) is 1. The molecular formula is C21H28N4O. The molecule has 0 spiro atoms. The Morgan fingerprint density at radius 2 is 1.85 bits per heavy atom. The molecule has 0 radical (unpaired) electrons. The molecule has 5 heteroatoms. The molecule has 26 heavy (non-hydrogen) atoms. The van der Waals surface area contributed by atoms with Crippen LogP contribution in [0.15, 0.2) is 35.6 Å². The lowest BCUT2D eigenvalue weighted by Crippen LogP contribution is -2.07. The third-order valence-electron chi connectivity index (χ3n) is 6.56. The fourth-order valence-corrected chi connectivity index (χ4v) is 4.32. The predicted octanol–water partition coefficient (Wildman–Crippen LogP) is 5.99. The van der Waals surface area contributed by atoms with Gasteiger partial charge in [-0.25, -0.2) is 0 Å². The zero-order valence-corrected chi connectivity index (χ0v) is 16.2. The van der Waals surface area contributed by atoms with Gasteiger partial charge in [-0.2, -0.15) is 0 Å². The number of para-hydroxylation sites is 1. The summed E-state index contributed by atoms with van der Waals surface area (Å²) in [6.07, 6.45) is 4.97. The molecule has 0 bridgehead atoms. The van der Waals surface area contributed by atoms with E-state index in [2.05, 4.69) is 54.4 Å². The van der Waals surface area contributed by atoms with Gasteiger partial charge in [0.05, 0.1) is 0 Å². The van der Waals surface area contributed by atoms with E-state index in [-0.39, 0.29) is 22.5 Å². The van der Waals surface area contributed by atoms with Gasteiger partial charge in [0.1, 0.15) is 0 Å². The molecule has 1 aliphatic rings. The highest BCUT2D eigenvalue weighted by Crippen LogP contribution is 2.69. The molecule has 0 aliphatic heterocycles. The Bertz CT molecular complexity index is 857. The van der Waals surface area contributed by atoms with Crippen LogP contribution in [0.2, 0.25) is 0 Å². The summed E-state index contributed by atoms with van der Waals surface area (Å²) in [5.41, 5.74) is 10.4. The molecule has 0 N–H and O–H groups in total. The average Bonchev–Trinajstić information content (AvgIpc) is 2.89. The van der Waals surface area contributed by atoms with E-state index in [1.54, 1.807) is 0 Å². The number of ketones is 1. The van der Waals surface area contributed by atoms with E-state index in [4.69, 9.17) is 5.53 Å². The molecule has 1 heterocycles. The molecule has 1 saturated carbocycles. The lowest BCUT2D eigenvalue weighted by atomic mass is 10.0. The summed E-state index contributed by atoms with van der Waals surface area (Å²) < 4.78 is 2.21. The summed E-state index contributed by atoms with van der Waals surface area (Å²) in [7, 11) is 0. The Kier molecular flexibility index (Phi) is 4.85. The van der Waals surface area contributed by atoms with Crippen molar-refractivity contribution in [2.24, 2.45) is 21.9 Å². The van der Waals surface area contributed by atoms with E-state index >= 15 is 0 Å². The van der Waals surface area contributed by atoms with Crippen LogP contribution < -0.4 is 0 Å². The number of rotatable bonds is 8. The summed E-state index contributed by atoms with van der Waals surface area (Å²) in [6, 6.07) is 8.19. The Balaban J connectivity index is 1.80. The molecule has 3 rings (SSSR count). The van der Waals surface area contributed by atoms with Gasteiger partial charge in [0.25, 0.3) is 0 Å². The maximum Gasteiger partial charge on any atom is 0.169 e. The highest BCUT2D eigenvalue weighted by atomic mass is 16.1. The number of hydrogen-bond donors (Lipinski definition) is 0. The molecule has 1 aromatic carbocycles. The van der Waals surface area contributed by atoms with E-state index in [1.807, 2.05) is 18.3 Å². The van der Waals surface area contributed by atoms with Crippen molar-refractivity contribution in [1.29, 1.82) is 0 Å². The number of unbranched alkanes of at least 4 members (excludes halogenated alkanes) is 2. The zero-order valence-electron chi connectivity index (χ0n) is 16.2. The number of fused-ring (bicyclic) bond motifs is 1. The molecule has 1 aromatic heterocycles. The number of aryl methyl sites for hydroxylation is 1. The van der Waals surface area contributed by atoms with Gasteiger partial charge in [0.15, 0.2) is 5.78 Å². The van der Waals surface area contributed by atoms with E-state index in [1.165, 1.54) is 0 Å². The van der Waals surface area contributed by atoms with Crippen molar-refractivity contribution in [3.05, 3.63) is 46.5 Å². The molecule has 0 amide bonds. The highest BCUT2D eigenvalue weighted by Gasteiger charge is 2.68. The van der Waals surface area contributed by atoms with Gasteiger partial charge in [-0.15, -0.1) is 0 Å². The summed E-state index contributed by atoms with van der Waals surface area (Å²) >= 11 is 0. The number of aromatic nitrogens is 1. The third-order valence-corrected chi connectivity index (χ3v) is 6.56. The SMILES string of the molecule is CC1(C)C(C(=O)c2cn(CCCCCN=[N+]=[N-])c3ccccc23)C1(C)C. The topological polar surface area (TPSA) is 70.8 Å². The van der Waals surface area contributed by atoms with Gasteiger partial charge in [-0.05, 0) is 35.3 Å². The monoisotopic (exact) mass is 352 g/mol. The minimum Gasteiger partial charge on any atom is -0.347 e. The first kappa shape index (κ1) is 18.5. The summed E-state index contributed by atoms with van der Waals surface area (Å²) in [4.78, 5) is 16.0. The quantitative estimate of drug-likeness (QED) is 0.189. The molecule has 0 atom stereocenters. The fraction of sp³-hybridized carbons (Fsp3) is 0.571. The average molecular weight is 352 g/mol. The lowest BCUT2D eigenvalue weighted by molar-refractivity contribution is 0.0946. The van der Waals surface area contributed by atoms with Crippen molar-refractivity contribution in [3.8, 4) is 0 Å². The summed E-state index contributed by atoms with van der Waals surface area (Å²) in [6.45, 7) is 10.2. The van der Waals surface area contributed by atoms with Crippen molar-refractivity contribution >= 4 is 16.7 Å². The number of carbonyl (C=O) groups is 1. The first-order chi connectivity index (χ1) is 12.3. The highest BCUT2D eigenvalue weighted by molar-refractivity contribution is 6.11. The Morgan fingerprint density at radius 3 is 2.50 bits per heavy atom. The standard InChI is InChI=1S/C21H28N4O/c1-20(2)19(21(20,3)4)18(26)16-14-25(13-9-5-8-12-23-24-22)17-11-7-6-10-15(16)17/h6-7,10-11,14,19H,5,8-9,12-13H2,1-4H3. The molecule has 5 nitrogen and oxygen atoms in total. The summed E-state index contributed by atoms with van der Waals surface area (Å²) in [5.74, 6) is 0.358. The molecule has 0 saturated heterocycles. The second kappa shape index (κ2) is 6.81. The van der Waals surface area contributed by atoms with Crippen molar-refractivity contribution in [2.75, 3.05) is 6.54 Å². The second-order valence-corrected chi connectivity index (χ2v) is 8.51. The van der Waals surface area contributed by atoms with Crippen molar-refractivity contribution in [2.45, 2.75) is 53.5 Å². The number of benzene rings is 1. The van der Waals surface area contributed by atoms with E-state index in [0.717, 1.165) is 42.3 Å². The van der Waals surface area contributed by atoms with E-state index in [0.29, 0.717) is 6.54 Å².